The summed E-state index contributed by atoms with van der Waals surface area (Å²) < 4.78 is 28.5. The van der Waals surface area contributed by atoms with E-state index in [0.29, 0.717) is 6.42 Å². The molecule has 0 aliphatic carbocycles. The lowest BCUT2D eigenvalue weighted by Crippen LogP contribution is -2.01. The summed E-state index contributed by atoms with van der Waals surface area (Å²) in [5, 5.41) is 8.55. The zero-order valence-electron chi connectivity index (χ0n) is 11.4. The first-order chi connectivity index (χ1) is 10.2. The van der Waals surface area contributed by atoms with Gasteiger partial charge < -0.3 is 4.74 Å². The van der Waals surface area contributed by atoms with Crippen molar-refractivity contribution in [2.75, 3.05) is 0 Å². The fourth-order valence-corrected chi connectivity index (χ4v) is 2.11. The van der Waals surface area contributed by atoms with Crippen LogP contribution in [0.25, 0.3) is 11.1 Å². The summed E-state index contributed by atoms with van der Waals surface area (Å²) in [6.07, 6.45) is 2.24. The van der Waals surface area contributed by atoms with Crippen molar-refractivity contribution in [1.82, 2.24) is 0 Å². The summed E-state index contributed by atoms with van der Waals surface area (Å²) in [7, 11) is 0. The standard InChI is InChI=1S/C17H15F2NO/c18-17(19)21-16-9-7-14(8-10-16)15-6-3-5-13(12-15)4-1-2-11-20/h3,5-10,12,17H,1-2,4H2. The molecule has 0 bridgehead atoms. The molecule has 0 atom stereocenters. The fraction of sp³-hybridized carbons (Fsp3) is 0.235. The minimum atomic E-state index is -2.81. The van der Waals surface area contributed by atoms with E-state index in [0.717, 1.165) is 29.5 Å². The van der Waals surface area contributed by atoms with Crippen LogP contribution in [0.2, 0.25) is 0 Å². The normalized spacial score (nSPS) is 10.4. The minimum Gasteiger partial charge on any atom is -0.435 e. The topological polar surface area (TPSA) is 33.0 Å². The molecule has 2 aromatic rings. The Kier molecular flexibility index (Phi) is 5.28. The summed E-state index contributed by atoms with van der Waals surface area (Å²) in [5.41, 5.74) is 3.13. The highest BCUT2D eigenvalue weighted by molar-refractivity contribution is 5.64. The summed E-state index contributed by atoms with van der Waals surface area (Å²) in [5.74, 6) is 0.152. The third kappa shape index (κ3) is 4.57. The van der Waals surface area contributed by atoms with Crippen LogP contribution in [0.4, 0.5) is 8.78 Å². The van der Waals surface area contributed by atoms with Gasteiger partial charge in [-0.15, -0.1) is 0 Å². The largest absolute Gasteiger partial charge is 0.435 e. The highest BCUT2D eigenvalue weighted by Gasteiger charge is 2.05. The molecule has 0 amide bonds. The van der Waals surface area contributed by atoms with Gasteiger partial charge in [-0.3, -0.25) is 0 Å². The number of unbranched alkanes of at least 4 members (excludes halogenated alkanes) is 1. The number of nitriles is 1. The first kappa shape index (κ1) is 15.0. The summed E-state index contributed by atoms with van der Waals surface area (Å²) >= 11 is 0. The predicted octanol–water partition coefficient (Wildman–Crippen LogP) is 4.80. The Morgan fingerprint density at radius 1 is 1.05 bits per heavy atom. The number of alkyl halides is 2. The molecule has 2 aromatic carbocycles. The average Bonchev–Trinajstić information content (AvgIpc) is 2.48. The summed E-state index contributed by atoms with van der Waals surface area (Å²) in [6.45, 7) is -2.81. The average molecular weight is 287 g/mol. The van der Waals surface area contributed by atoms with E-state index in [1.54, 1.807) is 12.1 Å². The van der Waals surface area contributed by atoms with Gasteiger partial charge in [0.25, 0.3) is 0 Å². The summed E-state index contributed by atoms with van der Waals surface area (Å²) in [6, 6.07) is 16.7. The van der Waals surface area contributed by atoms with E-state index < -0.39 is 6.61 Å². The molecule has 108 valence electrons. The lowest BCUT2D eigenvalue weighted by molar-refractivity contribution is -0.0498. The maximum atomic E-state index is 12.1. The van der Waals surface area contributed by atoms with Crippen molar-refractivity contribution >= 4 is 0 Å². The number of hydrogen-bond donors (Lipinski definition) is 0. The molecule has 0 aromatic heterocycles. The third-order valence-corrected chi connectivity index (χ3v) is 3.09. The molecule has 0 radical (unpaired) electrons. The third-order valence-electron chi connectivity index (χ3n) is 3.09. The molecule has 0 fully saturated rings. The van der Waals surface area contributed by atoms with Crippen LogP contribution in [-0.4, -0.2) is 6.61 Å². The smallest absolute Gasteiger partial charge is 0.387 e. The highest BCUT2D eigenvalue weighted by Crippen LogP contribution is 2.24. The molecule has 4 heteroatoms. The monoisotopic (exact) mass is 287 g/mol. The fourth-order valence-electron chi connectivity index (χ4n) is 2.11. The van der Waals surface area contributed by atoms with Crippen LogP contribution in [0, 0.1) is 11.3 Å². The van der Waals surface area contributed by atoms with Crippen molar-refractivity contribution in [3.8, 4) is 22.9 Å². The molecule has 0 heterocycles. The Bertz CT molecular complexity index is 617. The lowest BCUT2D eigenvalue weighted by Gasteiger charge is -2.07. The van der Waals surface area contributed by atoms with Gasteiger partial charge >= 0.3 is 6.61 Å². The van der Waals surface area contributed by atoms with Gasteiger partial charge in [-0.1, -0.05) is 36.4 Å². The van der Waals surface area contributed by atoms with Gasteiger partial charge in [-0.05, 0) is 41.7 Å². The van der Waals surface area contributed by atoms with Gasteiger partial charge in [0.2, 0.25) is 0 Å². The van der Waals surface area contributed by atoms with Crippen molar-refractivity contribution in [1.29, 1.82) is 5.26 Å². The maximum absolute atomic E-state index is 12.1. The van der Waals surface area contributed by atoms with Gasteiger partial charge in [-0.2, -0.15) is 14.0 Å². The van der Waals surface area contributed by atoms with E-state index >= 15 is 0 Å². The van der Waals surface area contributed by atoms with E-state index in [2.05, 4.69) is 16.9 Å². The molecule has 0 aliphatic heterocycles. The molecule has 21 heavy (non-hydrogen) atoms. The SMILES string of the molecule is N#CCCCc1cccc(-c2ccc(OC(F)F)cc2)c1. The Morgan fingerprint density at radius 3 is 2.48 bits per heavy atom. The van der Waals surface area contributed by atoms with Crippen LogP contribution in [0.3, 0.4) is 0 Å². The molecular weight excluding hydrogens is 272 g/mol. The van der Waals surface area contributed by atoms with Crippen molar-refractivity contribution in [2.24, 2.45) is 0 Å². The van der Waals surface area contributed by atoms with E-state index in [4.69, 9.17) is 5.26 Å². The van der Waals surface area contributed by atoms with E-state index in [9.17, 15) is 8.78 Å². The van der Waals surface area contributed by atoms with Gasteiger partial charge in [0, 0.05) is 6.42 Å². The quantitative estimate of drug-likeness (QED) is 0.715. The number of benzene rings is 2. The van der Waals surface area contributed by atoms with E-state index in [-0.39, 0.29) is 5.75 Å². The van der Waals surface area contributed by atoms with Crippen LogP contribution < -0.4 is 4.74 Å². The van der Waals surface area contributed by atoms with Crippen LogP contribution >= 0.6 is 0 Å². The van der Waals surface area contributed by atoms with Crippen molar-refractivity contribution in [3.63, 3.8) is 0 Å². The van der Waals surface area contributed by atoms with Gasteiger partial charge in [0.1, 0.15) is 5.75 Å². The predicted molar refractivity (Wildman–Crippen MR) is 77.1 cm³/mol. The van der Waals surface area contributed by atoms with E-state index in [1.807, 2.05) is 18.2 Å². The van der Waals surface area contributed by atoms with Crippen LogP contribution in [0.5, 0.6) is 5.75 Å². The van der Waals surface area contributed by atoms with Gasteiger partial charge in [-0.25, -0.2) is 0 Å². The van der Waals surface area contributed by atoms with Crippen LogP contribution in [0.15, 0.2) is 48.5 Å². The number of halogens is 2. The first-order valence-electron chi connectivity index (χ1n) is 6.70. The number of aryl methyl sites for hydroxylation is 1. The highest BCUT2D eigenvalue weighted by atomic mass is 19.3. The number of ether oxygens (including phenoxy) is 1. The number of rotatable bonds is 6. The molecule has 2 rings (SSSR count). The Hall–Kier alpha value is -2.41. The molecule has 0 saturated carbocycles. The molecule has 0 spiro atoms. The maximum Gasteiger partial charge on any atom is 0.387 e. The Morgan fingerprint density at radius 2 is 1.81 bits per heavy atom. The van der Waals surface area contributed by atoms with Crippen molar-refractivity contribution in [2.45, 2.75) is 25.9 Å². The zero-order chi connectivity index (χ0) is 15.1. The molecule has 0 saturated heterocycles. The number of nitrogens with zero attached hydrogens (tertiary/aromatic N) is 1. The van der Waals surface area contributed by atoms with E-state index in [1.165, 1.54) is 12.1 Å². The van der Waals surface area contributed by atoms with Gasteiger partial charge in [0.15, 0.2) is 0 Å². The zero-order valence-corrected chi connectivity index (χ0v) is 11.4. The van der Waals surface area contributed by atoms with Gasteiger partial charge in [0.05, 0.1) is 6.07 Å². The first-order valence-corrected chi connectivity index (χ1v) is 6.70. The second-order valence-corrected chi connectivity index (χ2v) is 4.61. The lowest BCUT2D eigenvalue weighted by atomic mass is 10.0. The Balaban J connectivity index is 2.10. The molecule has 2 nitrogen and oxygen atoms in total. The second-order valence-electron chi connectivity index (χ2n) is 4.61. The molecule has 0 unspecified atom stereocenters. The van der Waals surface area contributed by atoms with Crippen molar-refractivity contribution in [3.05, 3.63) is 54.1 Å². The molecular formula is C17H15F2NO. The number of hydrogen-bond acceptors (Lipinski definition) is 2. The van der Waals surface area contributed by atoms with Crippen molar-refractivity contribution < 1.29 is 13.5 Å². The Labute approximate surface area is 122 Å². The molecule has 0 N–H and O–H groups in total. The molecule has 0 aliphatic rings. The van der Waals surface area contributed by atoms with Crippen LogP contribution in [0.1, 0.15) is 18.4 Å². The van der Waals surface area contributed by atoms with Crippen LogP contribution in [-0.2, 0) is 6.42 Å². The minimum absolute atomic E-state index is 0.152. The summed E-state index contributed by atoms with van der Waals surface area (Å²) in [4.78, 5) is 0. The second kappa shape index (κ2) is 7.39.